The average Bonchev–Trinajstić information content (AvgIpc) is 2.78. The average molecular weight is 247 g/mol. The van der Waals surface area contributed by atoms with Crippen molar-refractivity contribution in [3.63, 3.8) is 0 Å². The highest BCUT2D eigenvalue weighted by Crippen LogP contribution is 2.27. The second-order valence-corrected chi connectivity index (χ2v) is 4.23. The predicted octanol–water partition coefficient (Wildman–Crippen LogP) is 2.09. The van der Waals surface area contributed by atoms with Crippen LogP contribution in [0.25, 0.3) is 11.4 Å². The van der Waals surface area contributed by atoms with Crippen molar-refractivity contribution in [3.8, 4) is 11.4 Å². The maximum atomic E-state index is 10.7. The Bertz CT molecular complexity index is 591. The summed E-state index contributed by atoms with van der Waals surface area (Å²) < 4.78 is 0. The van der Waals surface area contributed by atoms with E-state index in [0.29, 0.717) is 17.1 Å². The Morgan fingerprint density at radius 1 is 1.44 bits per heavy atom. The molecule has 18 heavy (non-hydrogen) atoms. The van der Waals surface area contributed by atoms with Gasteiger partial charge in [-0.2, -0.15) is 5.10 Å². The molecule has 1 aromatic heterocycles. The number of aromatic nitrogens is 3. The lowest BCUT2D eigenvalue weighted by atomic mass is 10.1. The molecular weight excluding hydrogens is 234 g/mol. The summed E-state index contributed by atoms with van der Waals surface area (Å²) in [6.07, 6.45) is 0. The van der Waals surface area contributed by atoms with Crippen LogP contribution in [-0.2, 0) is 0 Å². The molecule has 2 rings (SSSR count). The molecule has 0 saturated heterocycles. The van der Waals surface area contributed by atoms with Crippen molar-refractivity contribution >= 4 is 11.4 Å². The molecule has 0 fully saturated rings. The van der Waals surface area contributed by atoms with E-state index in [4.69, 9.17) is 5.73 Å². The van der Waals surface area contributed by atoms with Crippen molar-refractivity contribution in [2.24, 2.45) is 0 Å². The number of hydrogen-bond acceptors (Lipinski definition) is 5. The van der Waals surface area contributed by atoms with Gasteiger partial charge in [-0.15, -0.1) is 0 Å². The summed E-state index contributed by atoms with van der Waals surface area (Å²) in [4.78, 5) is 14.5. The Morgan fingerprint density at radius 3 is 2.72 bits per heavy atom. The fourth-order valence-electron chi connectivity index (χ4n) is 1.50. The SMILES string of the molecule is CC(C)c1nc(-c2cc([N+](=O)[O-])ccc2N)n[nH]1. The highest BCUT2D eigenvalue weighted by Gasteiger charge is 2.15. The summed E-state index contributed by atoms with van der Waals surface area (Å²) in [6, 6.07) is 4.22. The quantitative estimate of drug-likeness (QED) is 0.490. The molecule has 1 aromatic carbocycles. The van der Waals surface area contributed by atoms with E-state index in [0.717, 1.165) is 5.82 Å². The largest absolute Gasteiger partial charge is 0.398 e. The lowest BCUT2D eigenvalue weighted by molar-refractivity contribution is -0.384. The first-order chi connectivity index (χ1) is 8.49. The minimum Gasteiger partial charge on any atom is -0.398 e. The maximum absolute atomic E-state index is 10.7. The first-order valence-electron chi connectivity index (χ1n) is 5.45. The number of aromatic amines is 1. The van der Waals surface area contributed by atoms with Gasteiger partial charge in [-0.1, -0.05) is 13.8 Å². The molecule has 94 valence electrons. The fraction of sp³-hybridized carbons (Fsp3) is 0.273. The van der Waals surface area contributed by atoms with Crippen LogP contribution in [0.4, 0.5) is 11.4 Å². The number of rotatable bonds is 3. The molecule has 0 amide bonds. The van der Waals surface area contributed by atoms with Gasteiger partial charge in [0.2, 0.25) is 0 Å². The molecule has 0 aliphatic heterocycles. The number of nitro benzene ring substituents is 1. The Labute approximate surface area is 103 Å². The van der Waals surface area contributed by atoms with Crippen LogP contribution in [0.15, 0.2) is 18.2 Å². The van der Waals surface area contributed by atoms with Gasteiger partial charge in [-0.05, 0) is 6.07 Å². The molecule has 0 radical (unpaired) electrons. The number of anilines is 1. The monoisotopic (exact) mass is 247 g/mol. The molecule has 0 aliphatic carbocycles. The first kappa shape index (κ1) is 12.0. The molecule has 0 atom stereocenters. The van der Waals surface area contributed by atoms with Crippen molar-refractivity contribution in [1.82, 2.24) is 15.2 Å². The third kappa shape index (κ3) is 2.15. The van der Waals surface area contributed by atoms with Gasteiger partial charge in [-0.25, -0.2) is 4.98 Å². The Hall–Kier alpha value is -2.44. The van der Waals surface area contributed by atoms with Gasteiger partial charge in [0, 0.05) is 23.7 Å². The highest BCUT2D eigenvalue weighted by molar-refractivity contribution is 5.73. The lowest BCUT2D eigenvalue weighted by Crippen LogP contribution is -1.95. The summed E-state index contributed by atoms with van der Waals surface area (Å²) in [6.45, 7) is 3.95. The molecule has 2 aromatic rings. The zero-order chi connectivity index (χ0) is 13.3. The highest BCUT2D eigenvalue weighted by atomic mass is 16.6. The number of nitrogens with zero attached hydrogens (tertiary/aromatic N) is 3. The second kappa shape index (κ2) is 4.44. The van der Waals surface area contributed by atoms with E-state index >= 15 is 0 Å². The molecule has 0 saturated carbocycles. The smallest absolute Gasteiger partial charge is 0.270 e. The summed E-state index contributed by atoms with van der Waals surface area (Å²) in [5, 5.41) is 17.5. The topological polar surface area (TPSA) is 111 Å². The van der Waals surface area contributed by atoms with Gasteiger partial charge >= 0.3 is 0 Å². The summed E-state index contributed by atoms with van der Waals surface area (Å²) in [7, 11) is 0. The van der Waals surface area contributed by atoms with E-state index in [1.165, 1.54) is 18.2 Å². The van der Waals surface area contributed by atoms with Gasteiger partial charge in [0.05, 0.1) is 10.5 Å². The van der Waals surface area contributed by atoms with Crippen LogP contribution in [0.5, 0.6) is 0 Å². The molecule has 7 nitrogen and oxygen atoms in total. The maximum Gasteiger partial charge on any atom is 0.270 e. The van der Waals surface area contributed by atoms with E-state index in [2.05, 4.69) is 15.2 Å². The molecule has 0 bridgehead atoms. The number of H-pyrrole nitrogens is 1. The summed E-state index contributed by atoms with van der Waals surface area (Å²) in [5.41, 5.74) is 6.64. The number of non-ortho nitro benzene ring substituents is 1. The zero-order valence-corrected chi connectivity index (χ0v) is 10.0. The molecule has 0 unspecified atom stereocenters. The number of benzene rings is 1. The third-order valence-corrected chi connectivity index (χ3v) is 2.54. The number of nitrogens with two attached hydrogens (primary N) is 1. The predicted molar refractivity (Wildman–Crippen MR) is 67.0 cm³/mol. The van der Waals surface area contributed by atoms with E-state index in [9.17, 15) is 10.1 Å². The zero-order valence-electron chi connectivity index (χ0n) is 10.0. The van der Waals surface area contributed by atoms with Crippen molar-refractivity contribution in [3.05, 3.63) is 34.1 Å². The fourth-order valence-corrected chi connectivity index (χ4v) is 1.50. The molecule has 1 heterocycles. The van der Waals surface area contributed by atoms with E-state index < -0.39 is 4.92 Å². The van der Waals surface area contributed by atoms with Crippen molar-refractivity contribution in [2.75, 3.05) is 5.73 Å². The van der Waals surface area contributed by atoms with Crippen LogP contribution in [0.3, 0.4) is 0 Å². The van der Waals surface area contributed by atoms with Crippen LogP contribution >= 0.6 is 0 Å². The first-order valence-corrected chi connectivity index (χ1v) is 5.45. The standard InChI is InChI=1S/C11H13N5O2/c1-6(2)10-13-11(15-14-10)8-5-7(16(17)18)3-4-9(8)12/h3-6H,12H2,1-2H3,(H,13,14,15). The van der Waals surface area contributed by atoms with E-state index in [1.54, 1.807) is 0 Å². The van der Waals surface area contributed by atoms with Crippen LogP contribution in [0, 0.1) is 10.1 Å². The third-order valence-electron chi connectivity index (χ3n) is 2.54. The molecule has 7 heteroatoms. The van der Waals surface area contributed by atoms with Gasteiger partial charge < -0.3 is 5.73 Å². The molecule has 3 N–H and O–H groups in total. The minimum atomic E-state index is -0.473. The van der Waals surface area contributed by atoms with Crippen LogP contribution in [-0.4, -0.2) is 20.1 Å². The number of nitrogen functional groups attached to an aromatic ring is 1. The van der Waals surface area contributed by atoms with Gasteiger partial charge in [0.25, 0.3) is 5.69 Å². The van der Waals surface area contributed by atoms with Crippen molar-refractivity contribution in [1.29, 1.82) is 0 Å². The van der Waals surface area contributed by atoms with Crippen molar-refractivity contribution in [2.45, 2.75) is 19.8 Å². The number of nitro groups is 1. The van der Waals surface area contributed by atoms with Gasteiger partial charge in [-0.3, -0.25) is 15.2 Å². The van der Waals surface area contributed by atoms with E-state index in [1.807, 2.05) is 13.8 Å². The second-order valence-electron chi connectivity index (χ2n) is 4.23. The number of hydrogen-bond donors (Lipinski definition) is 2. The van der Waals surface area contributed by atoms with Gasteiger partial charge in [0.15, 0.2) is 5.82 Å². The molecule has 0 spiro atoms. The van der Waals surface area contributed by atoms with Crippen LogP contribution in [0.2, 0.25) is 0 Å². The molecular formula is C11H13N5O2. The summed E-state index contributed by atoms with van der Waals surface area (Å²) in [5.74, 6) is 1.29. The summed E-state index contributed by atoms with van der Waals surface area (Å²) >= 11 is 0. The van der Waals surface area contributed by atoms with Crippen LogP contribution in [0.1, 0.15) is 25.6 Å². The van der Waals surface area contributed by atoms with Crippen LogP contribution < -0.4 is 5.73 Å². The van der Waals surface area contributed by atoms with E-state index in [-0.39, 0.29) is 11.6 Å². The van der Waals surface area contributed by atoms with Gasteiger partial charge in [0.1, 0.15) is 5.82 Å². The lowest BCUT2D eigenvalue weighted by Gasteiger charge is -2.01. The Balaban J connectivity index is 2.48. The normalized spacial score (nSPS) is 10.8. The Kier molecular flexibility index (Phi) is 2.97. The Morgan fingerprint density at radius 2 is 2.17 bits per heavy atom. The molecule has 0 aliphatic rings. The minimum absolute atomic E-state index is 0.0323. The van der Waals surface area contributed by atoms with Crippen molar-refractivity contribution < 1.29 is 4.92 Å². The number of nitrogens with one attached hydrogen (secondary N) is 1.